The number of carbonyl (C=O) groups excluding carboxylic acids is 1. The molecule has 5 heteroatoms. The first-order chi connectivity index (χ1) is 5.77. The predicted molar refractivity (Wildman–Crippen MR) is 52.4 cm³/mol. The quantitative estimate of drug-likeness (QED) is 0.567. The molecule has 0 aliphatic carbocycles. The predicted octanol–water partition coefficient (Wildman–Crippen LogP) is 2.03. The number of methoxy groups -OCH3 is 1. The Hall–Kier alpha value is -0.800. The Balaban J connectivity index is 0.00000144. The maximum absolute atomic E-state index is 11.0. The van der Waals surface area contributed by atoms with Crippen molar-refractivity contribution < 1.29 is 9.53 Å². The van der Waals surface area contributed by atoms with Gasteiger partial charge in [-0.25, -0.2) is 4.79 Å². The minimum atomic E-state index is -0.372. The number of hydrogen-bond donors (Lipinski definition) is 0. The molecule has 0 bridgehead atoms. The van der Waals surface area contributed by atoms with Crippen LogP contribution in [0.15, 0.2) is 18.3 Å². The number of esters is 1. The van der Waals surface area contributed by atoms with Gasteiger partial charge in [-0.05, 0) is 12.1 Å². The number of pyridine rings is 1. The number of nitrogens with zero attached hydrogens (tertiary/aromatic N) is 1. The molecule has 0 radical (unpaired) electrons. The van der Waals surface area contributed by atoms with Crippen LogP contribution in [-0.4, -0.2) is 18.1 Å². The van der Waals surface area contributed by atoms with E-state index in [1.165, 1.54) is 13.3 Å². The lowest BCUT2D eigenvalue weighted by molar-refractivity contribution is 0.0600. The van der Waals surface area contributed by atoms with Crippen LogP contribution in [0.1, 0.15) is 16.1 Å². The molecule has 0 N–H and O–H groups in total. The van der Waals surface area contributed by atoms with E-state index in [4.69, 9.17) is 11.6 Å². The fraction of sp³-hybridized carbons (Fsp3) is 0.250. The van der Waals surface area contributed by atoms with Crippen LogP contribution >= 0.6 is 24.0 Å². The molecule has 0 aliphatic heterocycles. The van der Waals surface area contributed by atoms with Gasteiger partial charge in [0.05, 0.1) is 24.2 Å². The second kappa shape index (κ2) is 5.78. The molecule has 0 atom stereocenters. The van der Waals surface area contributed by atoms with E-state index in [9.17, 15) is 4.79 Å². The van der Waals surface area contributed by atoms with Gasteiger partial charge in [0.1, 0.15) is 0 Å². The van der Waals surface area contributed by atoms with Crippen molar-refractivity contribution in [3.05, 3.63) is 29.6 Å². The maximum atomic E-state index is 11.0. The zero-order chi connectivity index (χ0) is 8.97. The van der Waals surface area contributed by atoms with Gasteiger partial charge in [-0.2, -0.15) is 0 Å². The molecule has 0 unspecified atom stereocenters. The summed E-state index contributed by atoms with van der Waals surface area (Å²) < 4.78 is 4.53. The highest BCUT2D eigenvalue weighted by atomic mass is 35.5. The van der Waals surface area contributed by atoms with E-state index in [2.05, 4.69) is 9.72 Å². The summed E-state index contributed by atoms with van der Waals surface area (Å²) in [6.45, 7) is 0. The number of alkyl halides is 1. The molecule has 72 valence electrons. The molecule has 1 heterocycles. The topological polar surface area (TPSA) is 39.2 Å². The first-order valence-electron chi connectivity index (χ1n) is 3.37. The van der Waals surface area contributed by atoms with E-state index in [0.29, 0.717) is 17.1 Å². The van der Waals surface area contributed by atoms with Crippen molar-refractivity contribution in [1.29, 1.82) is 0 Å². The SMILES string of the molecule is COC(=O)c1ccnc(CCl)c1.Cl. The lowest BCUT2D eigenvalue weighted by atomic mass is 10.2. The molecule has 1 aromatic heterocycles. The number of carbonyl (C=O) groups is 1. The number of hydrogen-bond acceptors (Lipinski definition) is 3. The average Bonchev–Trinajstić information content (AvgIpc) is 2.17. The monoisotopic (exact) mass is 221 g/mol. The van der Waals surface area contributed by atoms with E-state index < -0.39 is 0 Å². The Labute approximate surface area is 87.5 Å². The third-order valence-electron chi connectivity index (χ3n) is 1.37. The molecule has 0 spiro atoms. The van der Waals surface area contributed by atoms with Crippen molar-refractivity contribution in [2.45, 2.75) is 5.88 Å². The molecule has 0 amide bonds. The molecule has 13 heavy (non-hydrogen) atoms. The van der Waals surface area contributed by atoms with Crippen molar-refractivity contribution in [1.82, 2.24) is 4.98 Å². The summed E-state index contributed by atoms with van der Waals surface area (Å²) in [6.07, 6.45) is 1.53. The lowest BCUT2D eigenvalue weighted by Gasteiger charge is -1.99. The summed E-state index contributed by atoms with van der Waals surface area (Å²) in [5.41, 5.74) is 1.14. The third kappa shape index (κ3) is 3.20. The molecule has 0 aliphatic rings. The largest absolute Gasteiger partial charge is 0.465 e. The van der Waals surface area contributed by atoms with Gasteiger partial charge in [0.15, 0.2) is 0 Å². The zero-order valence-electron chi connectivity index (χ0n) is 6.99. The van der Waals surface area contributed by atoms with Crippen molar-refractivity contribution >= 4 is 30.0 Å². The normalized spacial score (nSPS) is 8.77. The van der Waals surface area contributed by atoms with Gasteiger partial charge >= 0.3 is 5.97 Å². The van der Waals surface area contributed by atoms with Gasteiger partial charge in [-0.3, -0.25) is 4.98 Å². The molecule has 0 fully saturated rings. The van der Waals surface area contributed by atoms with Crippen molar-refractivity contribution in [3.63, 3.8) is 0 Å². The number of ether oxygens (including phenoxy) is 1. The Morgan fingerprint density at radius 3 is 2.92 bits per heavy atom. The van der Waals surface area contributed by atoms with Gasteiger partial charge < -0.3 is 4.74 Å². The number of aromatic nitrogens is 1. The average molecular weight is 222 g/mol. The van der Waals surface area contributed by atoms with E-state index >= 15 is 0 Å². The Bertz CT molecular complexity index is 291. The molecule has 0 aromatic carbocycles. The van der Waals surface area contributed by atoms with Crippen LogP contribution in [0.3, 0.4) is 0 Å². The first kappa shape index (κ1) is 12.2. The molecule has 0 saturated carbocycles. The highest BCUT2D eigenvalue weighted by molar-refractivity contribution is 6.16. The van der Waals surface area contributed by atoms with Gasteiger partial charge in [-0.1, -0.05) is 0 Å². The minimum Gasteiger partial charge on any atom is -0.465 e. The lowest BCUT2D eigenvalue weighted by Crippen LogP contribution is -2.02. The van der Waals surface area contributed by atoms with Crippen LogP contribution in [0.2, 0.25) is 0 Å². The van der Waals surface area contributed by atoms with Crippen LogP contribution in [0.4, 0.5) is 0 Å². The highest BCUT2D eigenvalue weighted by Gasteiger charge is 2.04. The second-order valence-electron chi connectivity index (χ2n) is 2.16. The highest BCUT2D eigenvalue weighted by Crippen LogP contribution is 2.05. The Morgan fingerprint density at radius 2 is 2.38 bits per heavy atom. The summed E-state index contributed by atoms with van der Waals surface area (Å²) in [5.74, 6) is -0.0750. The van der Waals surface area contributed by atoms with Gasteiger partial charge in [0.2, 0.25) is 0 Å². The summed E-state index contributed by atoms with van der Waals surface area (Å²) in [7, 11) is 1.34. The fourth-order valence-corrected chi connectivity index (χ4v) is 0.942. The van der Waals surface area contributed by atoms with Crippen LogP contribution in [-0.2, 0) is 10.6 Å². The zero-order valence-corrected chi connectivity index (χ0v) is 8.56. The summed E-state index contributed by atoms with van der Waals surface area (Å²) in [5, 5.41) is 0. The van der Waals surface area contributed by atoms with Crippen LogP contribution < -0.4 is 0 Å². The summed E-state index contributed by atoms with van der Waals surface area (Å²) in [6, 6.07) is 3.20. The fourth-order valence-electron chi connectivity index (χ4n) is 0.796. The van der Waals surface area contributed by atoms with Crippen LogP contribution in [0, 0.1) is 0 Å². The smallest absolute Gasteiger partial charge is 0.337 e. The molecular formula is C8H9Cl2NO2. The van der Waals surface area contributed by atoms with Crippen molar-refractivity contribution in [2.24, 2.45) is 0 Å². The Morgan fingerprint density at radius 1 is 1.69 bits per heavy atom. The van der Waals surface area contributed by atoms with E-state index in [-0.39, 0.29) is 18.4 Å². The first-order valence-corrected chi connectivity index (χ1v) is 3.90. The van der Waals surface area contributed by atoms with Crippen LogP contribution in [0.25, 0.3) is 0 Å². The third-order valence-corrected chi connectivity index (χ3v) is 1.65. The standard InChI is InChI=1S/C8H8ClNO2.ClH/c1-12-8(11)6-2-3-10-7(4-6)5-9;/h2-4H,5H2,1H3;1H. The van der Waals surface area contributed by atoms with E-state index in [1.807, 2.05) is 0 Å². The molecule has 3 nitrogen and oxygen atoms in total. The van der Waals surface area contributed by atoms with Gasteiger partial charge in [-0.15, -0.1) is 24.0 Å². The Kier molecular flexibility index (Phi) is 5.42. The van der Waals surface area contributed by atoms with Crippen LogP contribution in [0.5, 0.6) is 0 Å². The molecular weight excluding hydrogens is 213 g/mol. The number of halogens is 2. The second-order valence-corrected chi connectivity index (χ2v) is 2.43. The van der Waals surface area contributed by atoms with Gasteiger partial charge in [0.25, 0.3) is 0 Å². The molecule has 0 saturated heterocycles. The minimum absolute atomic E-state index is 0. The van der Waals surface area contributed by atoms with Crippen molar-refractivity contribution in [3.8, 4) is 0 Å². The maximum Gasteiger partial charge on any atom is 0.337 e. The van der Waals surface area contributed by atoms with Gasteiger partial charge in [0, 0.05) is 6.20 Å². The van der Waals surface area contributed by atoms with Crippen molar-refractivity contribution in [2.75, 3.05) is 7.11 Å². The molecule has 1 rings (SSSR count). The summed E-state index contributed by atoms with van der Waals surface area (Å²) >= 11 is 5.53. The van der Waals surface area contributed by atoms with E-state index in [1.54, 1.807) is 12.1 Å². The number of rotatable bonds is 2. The summed E-state index contributed by atoms with van der Waals surface area (Å²) in [4.78, 5) is 14.9. The van der Waals surface area contributed by atoms with E-state index in [0.717, 1.165) is 0 Å². The molecule has 1 aromatic rings.